The van der Waals surface area contributed by atoms with Crippen LogP contribution in [0.1, 0.15) is 20.7 Å². The summed E-state index contributed by atoms with van der Waals surface area (Å²) in [6.07, 6.45) is 1.14. The van der Waals surface area contributed by atoms with Crippen molar-refractivity contribution in [2.45, 2.75) is 5.82 Å². The number of hydrogen-bond acceptors (Lipinski definition) is 6. The molecule has 10 heteroatoms. The summed E-state index contributed by atoms with van der Waals surface area (Å²) in [5.41, 5.74) is 0.388. The first-order valence-electron chi connectivity index (χ1n) is 6.50. The summed E-state index contributed by atoms with van der Waals surface area (Å²) in [5.74, 6) is 1.96. The summed E-state index contributed by atoms with van der Waals surface area (Å²) in [6.45, 7) is 0. The van der Waals surface area contributed by atoms with Gasteiger partial charge in [-0.05, 0) is 6.07 Å². The van der Waals surface area contributed by atoms with Crippen LogP contribution in [-0.4, -0.2) is 37.4 Å². The summed E-state index contributed by atoms with van der Waals surface area (Å²) in [7, 11) is 0. The van der Waals surface area contributed by atoms with Gasteiger partial charge < -0.3 is 0 Å². The Morgan fingerprint density at radius 1 is 0.920 bits per heavy atom. The van der Waals surface area contributed by atoms with Crippen molar-refractivity contribution < 1.29 is 19.4 Å². The molecule has 25 heavy (non-hydrogen) atoms. The summed E-state index contributed by atoms with van der Waals surface area (Å²) >= 11 is 5.73. The minimum atomic E-state index is -0.580. The van der Waals surface area contributed by atoms with E-state index in [9.17, 15) is 29.8 Å². The van der Waals surface area contributed by atoms with E-state index in [0.717, 1.165) is 10.5 Å². The first-order valence-corrected chi connectivity index (χ1v) is 9.45. The van der Waals surface area contributed by atoms with Crippen LogP contribution in [0.3, 0.4) is 0 Å². The van der Waals surface area contributed by atoms with E-state index >= 15 is 0 Å². The van der Waals surface area contributed by atoms with E-state index < -0.39 is 9.85 Å². The van der Waals surface area contributed by atoms with Gasteiger partial charge in [-0.1, -0.05) is 11.6 Å². The molecule has 130 valence electrons. The molecule has 0 fully saturated rings. The number of nitro groups is 2. The molecule has 2 rings (SSSR count). The first-order chi connectivity index (χ1) is 11.8. The molecule has 0 amide bonds. The van der Waals surface area contributed by atoms with Crippen LogP contribution < -0.4 is 4.46 Å². The number of hydrogen-bond donors (Lipinski definition) is 0. The van der Waals surface area contributed by atoms with Crippen molar-refractivity contribution in [2.24, 2.45) is 0 Å². The Labute approximate surface area is 153 Å². The number of non-ortho nitro benzene ring substituents is 2. The van der Waals surface area contributed by atoms with Gasteiger partial charge in [0.25, 0.3) is 5.69 Å². The number of carbonyl (C=O) groups is 2. The van der Waals surface area contributed by atoms with Crippen LogP contribution in [0.15, 0.2) is 36.4 Å². The monoisotopic (exact) mass is 430 g/mol. The van der Waals surface area contributed by atoms with Crippen molar-refractivity contribution in [3.05, 3.63) is 72.8 Å². The predicted octanol–water partition coefficient (Wildman–Crippen LogP) is 2.85. The van der Waals surface area contributed by atoms with Crippen LogP contribution in [0.25, 0.3) is 0 Å². The topological polar surface area (TPSA) is 120 Å². The number of aldehydes is 2. The molecular formula is C15H11ClN2O6Se. The molecular weight excluding hydrogens is 419 g/mol. The molecule has 0 aliphatic rings. The molecule has 0 aromatic heterocycles. The van der Waals surface area contributed by atoms with Crippen LogP contribution in [0.4, 0.5) is 11.4 Å². The molecule has 0 radical (unpaired) electrons. The average Bonchev–Trinajstić information content (AvgIpc) is 2.61. The van der Waals surface area contributed by atoms with Crippen molar-refractivity contribution in [3.8, 4) is 0 Å². The number of halogens is 1. The second-order valence-corrected chi connectivity index (χ2v) is 6.57. The van der Waals surface area contributed by atoms with E-state index in [1.54, 1.807) is 6.07 Å². The fourth-order valence-corrected chi connectivity index (χ4v) is 2.97. The van der Waals surface area contributed by atoms with Crippen molar-refractivity contribution in [2.75, 3.05) is 0 Å². The third-order valence-electron chi connectivity index (χ3n) is 2.87. The number of benzene rings is 2. The molecule has 0 N–H and O–H groups in total. The Morgan fingerprint density at radius 2 is 1.40 bits per heavy atom. The second-order valence-electron chi connectivity index (χ2n) is 4.38. The van der Waals surface area contributed by atoms with E-state index in [0.29, 0.717) is 18.1 Å². The molecule has 0 atom stereocenters. The van der Waals surface area contributed by atoms with Crippen molar-refractivity contribution in [1.82, 2.24) is 0 Å². The van der Waals surface area contributed by atoms with Gasteiger partial charge in [-0.25, -0.2) is 0 Å². The molecule has 2 aromatic rings. The van der Waals surface area contributed by atoms with Gasteiger partial charge in [0, 0.05) is 17.7 Å². The van der Waals surface area contributed by atoms with Gasteiger partial charge in [-0.2, -0.15) is 0 Å². The zero-order chi connectivity index (χ0) is 19.0. The van der Waals surface area contributed by atoms with Gasteiger partial charge in [-0.3, -0.25) is 14.9 Å². The van der Waals surface area contributed by atoms with Gasteiger partial charge in [0.15, 0.2) is 6.29 Å². The van der Waals surface area contributed by atoms with Crippen LogP contribution in [0.5, 0.6) is 0 Å². The first kappa shape index (κ1) is 20.4. The fourth-order valence-electron chi connectivity index (χ4n) is 1.66. The minimum absolute atomic E-state index is 0.0323. The quantitative estimate of drug-likeness (QED) is 0.312. The summed E-state index contributed by atoms with van der Waals surface area (Å²) in [6, 6.07) is 8.08. The molecule has 0 unspecified atom stereocenters. The summed E-state index contributed by atoms with van der Waals surface area (Å²) < 4.78 is 0.896. The third kappa shape index (κ3) is 5.75. The maximum Gasteiger partial charge on any atom is 0.270 e. The Balaban J connectivity index is 0.000000251. The van der Waals surface area contributed by atoms with E-state index in [1.807, 2.05) is 5.82 Å². The van der Waals surface area contributed by atoms with Gasteiger partial charge in [0.1, 0.15) is 0 Å². The minimum Gasteiger partial charge on any atom is -0.298 e. The largest absolute Gasteiger partial charge is 0.298 e. The molecule has 0 spiro atoms. The Bertz CT molecular complexity index is 828. The molecule has 0 aliphatic carbocycles. The zero-order valence-electron chi connectivity index (χ0n) is 12.7. The predicted molar refractivity (Wildman–Crippen MR) is 93.2 cm³/mol. The van der Waals surface area contributed by atoms with Crippen LogP contribution >= 0.6 is 11.6 Å². The number of nitro benzene ring substituents is 2. The molecule has 2 aromatic carbocycles. The average molecular weight is 430 g/mol. The van der Waals surface area contributed by atoms with Crippen molar-refractivity contribution in [3.63, 3.8) is 0 Å². The second kappa shape index (κ2) is 9.63. The van der Waals surface area contributed by atoms with Crippen LogP contribution in [0.2, 0.25) is 10.8 Å². The van der Waals surface area contributed by atoms with E-state index in [-0.39, 0.29) is 36.9 Å². The summed E-state index contributed by atoms with van der Waals surface area (Å²) in [4.78, 5) is 40.4. The summed E-state index contributed by atoms with van der Waals surface area (Å²) in [5, 5.41) is 20.8. The zero-order valence-corrected chi connectivity index (χ0v) is 15.2. The smallest absolute Gasteiger partial charge is 0.270 e. The van der Waals surface area contributed by atoms with E-state index in [2.05, 4.69) is 0 Å². The molecule has 0 bridgehead atoms. The molecule has 8 nitrogen and oxygen atoms in total. The van der Waals surface area contributed by atoms with Crippen LogP contribution in [-0.2, 0) is 0 Å². The fraction of sp³-hybridized carbons (Fsp3) is 0.0667. The van der Waals surface area contributed by atoms with E-state index in [4.69, 9.17) is 11.6 Å². The maximum atomic E-state index is 10.5. The molecule has 0 saturated carbocycles. The standard InChI is InChI=1S/C8H7NO3Se.C7H4ClNO3/c1-13-8-3-2-7(9(11)12)4-6(8)5-10;8-7-2-1-6(9(11)12)3-5(7)4-10/h2-5H,1H3;1-4H. The van der Waals surface area contributed by atoms with Crippen molar-refractivity contribution >= 4 is 55.0 Å². The number of rotatable bonds is 5. The SMILES string of the molecule is C[Se]c1ccc([N+](=O)[O-])cc1C=O.O=Cc1cc([N+](=O)[O-])ccc1Cl. The third-order valence-corrected chi connectivity index (χ3v) is 4.92. The Hall–Kier alpha value is -2.61. The Morgan fingerprint density at radius 3 is 1.84 bits per heavy atom. The number of carbonyl (C=O) groups excluding carboxylic acids is 2. The maximum absolute atomic E-state index is 10.5. The molecule has 0 heterocycles. The molecule has 0 saturated heterocycles. The number of nitrogens with zero attached hydrogens (tertiary/aromatic N) is 2. The van der Waals surface area contributed by atoms with Crippen LogP contribution in [0, 0.1) is 20.2 Å². The van der Waals surface area contributed by atoms with Gasteiger partial charge >= 0.3 is 80.8 Å². The normalized spacial score (nSPS) is 9.52. The van der Waals surface area contributed by atoms with Gasteiger partial charge in [-0.15, -0.1) is 0 Å². The van der Waals surface area contributed by atoms with Crippen molar-refractivity contribution in [1.29, 1.82) is 0 Å². The molecule has 0 aliphatic heterocycles. The van der Waals surface area contributed by atoms with Gasteiger partial charge in [0.05, 0.1) is 9.95 Å². The van der Waals surface area contributed by atoms with Gasteiger partial charge in [0.2, 0.25) is 0 Å². The Kier molecular flexibility index (Phi) is 7.87. The van der Waals surface area contributed by atoms with E-state index in [1.165, 1.54) is 24.3 Å².